The van der Waals surface area contributed by atoms with E-state index in [4.69, 9.17) is 0 Å². The maximum Gasteiger partial charge on any atom is 0.0417 e. The van der Waals surface area contributed by atoms with E-state index in [1.807, 2.05) is 11.3 Å². The molecule has 2 atom stereocenters. The SMILES string of the molecule is CCC(NC(c1ccccc1)C(C)C)c1cccs1. The molecule has 2 aromatic rings. The second-order valence-electron chi connectivity index (χ2n) is 5.28. The summed E-state index contributed by atoms with van der Waals surface area (Å²) in [5.41, 5.74) is 1.38. The van der Waals surface area contributed by atoms with Gasteiger partial charge in [0.2, 0.25) is 0 Å². The first-order valence-corrected chi connectivity index (χ1v) is 7.94. The Morgan fingerprint density at radius 1 is 1.05 bits per heavy atom. The summed E-state index contributed by atoms with van der Waals surface area (Å²) in [6, 6.07) is 16.0. The van der Waals surface area contributed by atoms with E-state index in [9.17, 15) is 0 Å². The van der Waals surface area contributed by atoms with Crippen LogP contribution in [-0.2, 0) is 0 Å². The number of rotatable bonds is 6. The summed E-state index contributed by atoms with van der Waals surface area (Å²) in [4.78, 5) is 1.43. The molecule has 102 valence electrons. The number of nitrogens with one attached hydrogen (secondary N) is 1. The fraction of sp³-hybridized carbons (Fsp3) is 0.412. The molecule has 0 spiro atoms. The van der Waals surface area contributed by atoms with Crippen molar-refractivity contribution in [2.75, 3.05) is 0 Å². The van der Waals surface area contributed by atoms with Crippen LogP contribution in [0.3, 0.4) is 0 Å². The van der Waals surface area contributed by atoms with Gasteiger partial charge >= 0.3 is 0 Å². The van der Waals surface area contributed by atoms with Gasteiger partial charge in [-0.1, -0.05) is 57.2 Å². The minimum Gasteiger partial charge on any atom is -0.302 e. The van der Waals surface area contributed by atoms with Crippen LogP contribution in [0, 0.1) is 5.92 Å². The first-order valence-electron chi connectivity index (χ1n) is 7.06. The van der Waals surface area contributed by atoms with E-state index in [1.54, 1.807) is 0 Å². The number of hydrogen-bond acceptors (Lipinski definition) is 2. The molecule has 1 heterocycles. The third kappa shape index (κ3) is 3.68. The van der Waals surface area contributed by atoms with E-state index in [1.165, 1.54) is 10.4 Å². The van der Waals surface area contributed by atoms with Crippen molar-refractivity contribution >= 4 is 11.3 Å². The second-order valence-corrected chi connectivity index (χ2v) is 6.25. The Kier molecular flexibility index (Phi) is 5.17. The molecular formula is C17H23NS. The van der Waals surface area contributed by atoms with Crippen molar-refractivity contribution in [2.24, 2.45) is 5.92 Å². The molecule has 0 aliphatic heterocycles. The van der Waals surface area contributed by atoms with Crippen LogP contribution in [-0.4, -0.2) is 0 Å². The number of hydrogen-bond donors (Lipinski definition) is 1. The fourth-order valence-corrected chi connectivity index (χ4v) is 3.31. The molecule has 0 aliphatic rings. The highest BCUT2D eigenvalue weighted by molar-refractivity contribution is 7.10. The van der Waals surface area contributed by atoms with Crippen LogP contribution in [0.4, 0.5) is 0 Å². The maximum atomic E-state index is 3.83. The quantitative estimate of drug-likeness (QED) is 0.764. The molecule has 19 heavy (non-hydrogen) atoms. The molecule has 2 rings (SSSR count). The van der Waals surface area contributed by atoms with Gasteiger partial charge in [0.05, 0.1) is 0 Å². The summed E-state index contributed by atoms with van der Waals surface area (Å²) < 4.78 is 0. The zero-order valence-electron chi connectivity index (χ0n) is 12.0. The van der Waals surface area contributed by atoms with E-state index in [2.05, 4.69) is 73.9 Å². The van der Waals surface area contributed by atoms with Crippen LogP contribution in [0.5, 0.6) is 0 Å². The van der Waals surface area contributed by atoms with Crippen molar-refractivity contribution in [1.29, 1.82) is 0 Å². The molecule has 0 saturated heterocycles. The zero-order valence-corrected chi connectivity index (χ0v) is 12.8. The summed E-state index contributed by atoms with van der Waals surface area (Å²) in [5.74, 6) is 0.580. The van der Waals surface area contributed by atoms with Gasteiger partial charge in [0.1, 0.15) is 0 Å². The average molecular weight is 273 g/mol. The second kappa shape index (κ2) is 6.88. The molecule has 0 fully saturated rings. The molecular weight excluding hydrogens is 250 g/mol. The van der Waals surface area contributed by atoms with Crippen LogP contribution in [0.15, 0.2) is 47.8 Å². The Morgan fingerprint density at radius 2 is 1.79 bits per heavy atom. The predicted octanol–water partition coefficient (Wildman–Crippen LogP) is 5.19. The lowest BCUT2D eigenvalue weighted by Gasteiger charge is -2.28. The molecule has 1 N–H and O–H groups in total. The highest BCUT2D eigenvalue weighted by Gasteiger charge is 2.20. The lowest BCUT2D eigenvalue weighted by Crippen LogP contribution is -2.29. The third-order valence-electron chi connectivity index (χ3n) is 3.50. The van der Waals surface area contributed by atoms with Crippen LogP contribution < -0.4 is 5.32 Å². The van der Waals surface area contributed by atoms with Crippen molar-refractivity contribution in [3.05, 3.63) is 58.3 Å². The summed E-state index contributed by atoms with van der Waals surface area (Å²) in [6.45, 7) is 6.82. The van der Waals surface area contributed by atoms with Crippen LogP contribution in [0.25, 0.3) is 0 Å². The van der Waals surface area contributed by atoms with Crippen LogP contribution in [0.2, 0.25) is 0 Å². The highest BCUT2D eigenvalue weighted by Crippen LogP contribution is 2.29. The van der Waals surface area contributed by atoms with E-state index in [0.717, 1.165) is 6.42 Å². The van der Waals surface area contributed by atoms with Crippen molar-refractivity contribution in [1.82, 2.24) is 5.32 Å². The van der Waals surface area contributed by atoms with Crippen molar-refractivity contribution < 1.29 is 0 Å². The Morgan fingerprint density at radius 3 is 2.32 bits per heavy atom. The largest absolute Gasteiger partial charge is 0.302 e. The molecule has 2 unspecified atom stereocenters. The Hall–Kier alpha value is -1.12. The molecule has 0 aliphatic carbocycles. The standard InChI is InChI=1S/C17H23NS/c1-4-15(16-11-8-12-19-16)18-17(13(2)3)14-9-6-5-7-10-14/h5-13,15,17-18H,4H2,1-3H3. The van der Waals surface area contributed by atoms with E-state index >= 15 is 0 Å². The minimum atomic E-state index is 0.410. The van der Waals surface area contributed by atoms with Gasteiger partial charge in [0, 0.05) is 17.0 Å². The van der Waals surface area contributed by atoms with E-state index in [-0.39, 0.29) is 0 Å². The molecule has 0 saturated carbocycles. The van der Waals surface area contributed by atoms with Gasteiger partial charge in [-0.2, -0.15) is 0 Å². The molecule has 1 nitrogen and oxygen atoms in total. The molecule has 1 aromatic heterocycles. The molecule has 2 heteroatoms. The fourth-order valence-electron chi connectivity index (χ4n) is 2.44. The monoisotopic (exact) mass is 273 g/mol. The Balaban J connectivity index is 2.17. The van der Waals surface area contributed by atoms with Gasteiger partial charge in [-0.05, 0) is 29.3 Å². The smallest absolute Gasteiger partial charge is 0.0417 e. The first-order chi connectivity index (χ1) is 9.22. The van der Waals surface area contributed by atoms with Gasteiger partial charge < -0.3 is 5.32 Å². The van der Waals surface area contributed by atoms with Crippen LogP contribution in [0.1, 0.15) is 49.7 Å². The van der Waals surface area contributed by atoms with Crippen molar-refractivity contribution in [3.63, 3.8) is 0 Å². The highest BCUT2D eigenvalue weighted by atomic mass is 32.1. The number of benzene rings is 1. The molecule has 0 radical (unpaired) electrons. The van der Waals surface area contributed by atoms with Crippen molar-refractivity contribution in [3.8, 4) is 0 Å². The zero-order chi connectivity index (χ0) is 13.7. The summed E-state index contributed by atoms with van der Waals surface area (Å²) in [7, 11) is 0. The van der Waals surface area contributed by atoms with Crippen molar-refractivity contribution in [2.45, 2.75) is 39.3 Å². The lowest BCUT2D eigenvalue weighted by atomic mass is 9.94. The maximum absolute atomic E-state index is 3.83. The van der Waals surface area contributed by atoms with Gasteiger partial charge in [-0.25, -0.2) is 0 Å². The summed E-state index contributed by atoms with van der Waals surface area (Å²) in [5, 5.41) is 5.99. The van der Waals surface area contributed by atoms with E-state index in [0.29, 0.717) is 18.0 Å². The molecule has 0 amide bonds. The van der Waals surface area contributed by atoms with Gasteiger partial charge in [-0.3, -0.25) is 0 Å². The molecule has 1 aromatic carbocycles. The van der Waals surface area contributed by atoms with E-state index < -0.39 is 0 Å². The van der Waals surface area contributed by atoms with Gasteiger partial charge in [0.25, 0.3) is 0 Å². The minimum absolute atomic E-state index is 0.410. The van der Waals surface area contributed by atoms with Gasteiger partial charge in [-0.15, -0.1) is 11.3 Å². The Labute approximate surface area is 120 Å². The predicted molar refractivity (Wildman–Crippen MR) is 84.5 cm³/mol. The first kappa shape index (κ1) is 14.3. The third-order valence-corrected chi connectivity index (χ3v) is 4.49. The van der Waals surface area contributed by atoms with Crippen LogP contribution >= 0.6 is 11.3 Å². The number of thiophene rings is 1. The average Bonchev–Trinajstić information content (AvgIpc) is 2.94. The van der Waals surface area contributed by atoms with Gasteiger partial charge in [0.15, 0.2) is 0 Å². The summed E-state index contributed by atoms with van der Waals surface area (Å²) >= 11 is 1.84. The lowest BCUT2D eigenvalue weighted by molar-refractivity contribution is 0.359. The topological polar surface area (TPSA) is 12.0 Å². The normalized spacial score (nSPS) is 14.5. The Bertz CT molecular complexity index is 461. The summed E-state index contributed by atoms with van der Waals surface area (Å²) in [6.07, 6.45) is 1.12. The molecule has 0 bridgehead atoms.